The van der Waals surface area contributed by atoms with Crippen molar-refractivity contribution in [2.24, 2.45) is 0 Å². The molecule has 0 atom stereocenters. The molecule has 30 heavy (non-hydrogen) atoms. The third-order valence-electron chi connectivity index (χ3n) is 5.79. The molecule has 0 heterocycles. The summed E-state index contributed by atoms with van der Waals surface area (Å²) in [6.45, 7) is 2.24. The van der Waals surface area contributed by atoms with Crippen LogP contribution in [0.15, 0.2) is 60.7 Å². The topological polar surface area (TPSA) is 0 Å². The molecule has 0 amide bonds. The second kappa shape index (κ2) is 9.14. The van der Waals surface area contributed by atoms with Gasteiger partial charge in [0, 0.05) is 0 Å². The Morgan fingerprint density at radius 3 is 2.00 bits per heavy atom. The fourth-order valence-corrected chi connectivity index (χ4v) is 4.22. The summed E-state index contributed by atoms with van der Waals surface area (Å²) in [6, 6.07) is 19.4. The molecule has 0 spiro atoms. The Hall–Kier alpha value is -2.45. The molecule has 0 aliphatic carbocycles. The molecule has 0 radical (unpaired) electrons. The third-order valence-corrected chi connectivity index (χ3v) is 6.15. The molecule has 0 aromatic heterocycles. The van der Waals surface area contributed by atoms with Crippen molar-refractivity contribution in [3.8, 4) is 11.1 Å². The van der Waals surface area contributed by atoms with Crippen LogP contribution in [-0.4, -0.2) is 0 Å². The van der Waals surface area contributed by atoms with Crippen LogP contribution in [0.5, 0.6) is 0 Å². The van der Waals surface area contributed by atoms with Gasteiger partial charge in [0.25, 0.3) is 0 Å². The molecule has 0 unspecified atom stereocenters. The van der Waals surface area contributed by atoms with Crippen LogP contribution < -0.4 is 0 Å². The van der Waals surface area contributed by atoms with E-state index in [1.165, 1.54) is 60.6 Å². The molecule has 0 nitrogen and oxygen atoms in total. The van der Waals surface area contributed by atoms with Crippen molar-refractivity contribution in [2.45, 2.75) is 45.4 Å². The molecule has 0 bridgehead atoms. The summed E-state index contributed by atoms with van der Waals surface area (Å²) in [4.78, 5) is 0. The number of hydrogen-bond donors (Lipinski definition) is 0. The first kappa shape index (κ1) is 20.8. The smallest absolute Gasteiger partial charge is 0.145 e. The standard InChI is InChI=1S/C27H25ClF2/c1-2-3-4-5-6-7-18-8-12-23-20(14-18)9-10-21-15-19(11-13-24(21)23)22-16-25(29)27(28)26(30)17-22/h8-17H,2-7H2,1H3. The normalized spacial score (nSPS) is 11.5. The van der Waals surface area contributed by atoms with E-state index in [1.807, 2.05) is 18.2 Å². The summed E-state index contributed by atoms with van der Waals surface area (Å²) in [6.07, 6.45) is 7.55. The van der Waals surface area contributed by atoms with Gasteiger partial charge < -0.3 is 0 Å². The van der Waals surface area contributed by atoms with Crippen LogP contribution in [0.3, 0.4) is 0 Å². The highest BCUT2D eigenvalue weighted by Gasteiger charge is 2.11. The number of hydrogen-bond acceptors (Lipinski definition) is 0. The van der Waals surface area contributed by atoms with E-state index in [1.54, 1.807) is 0 Å². The fourth-order valence-electron chi connectivity index (χ4n) is 4.11. The van der Waals surface area contributed by atoms with E-state index in [0.717, 1.165) is 22.8 Å². The van der Waals surface area contributed by atoms with E-state index in [4.69, 9.17) is 11.6 Å². The highest BCUT2D eigenvalue weighted by atomic mass is 35.5. The molecule has 4 aromatic rings. The van der Waals surface area contributed by atoms with E-state index in [9.17, 15) is 8.78 Å². The van der Waals surface area contributed by atoms with Crippen molar-refractivity contribution in [3.63, 3.8) is 0 Å². The first-order valence-electron chi connectivity index (χ1n) is 10.7. The van der Waals surface area contributed by atoms with Crippen molar-refractivity contribution >= 4 is 33.1 Å². The van der Waals surface area contributed by atoms with Gasteiger partial charge >= 0.3 is 0 Å². The van der Waals surface area contributed by atoms with Crippen LogP contribution in [0.1, 0.15) is 44.6 Å². The van der Waals surface area contributed by atoms with Gasteiger partial charge in [0.1, 0.15) is 16.7 Å². The number of unbranched alkanes of at least 4 members (excludes halogenated alkanes) is 4. The number of rotatable bonds is 7. The minimum absolute atomic E-state index is 0.466. The predicted molar refractivity (Wildman–Crippen MR) is 124 cm³/mol. The highest BCUT2D eigenvalue weighted by molar-refractivity contribution is 6.31. The second-order valence-corrected chi connectivity index (χ2v) is 8.35. The monoisotopic (exact) mass is 422 g/mol. The predicted octanol–water partition coefficient (Wildman–Crippen LogP) is 9.10. The van der Waals surface area contributed by atoms with Gasteiger partial charge in [0.05, 0.1) is 0 Å². The van der Waals surface area contributed by atoms with Gasteiger partial charge in [-0.2, -0.15) is 0 Å². The largest absolute Gasteiger partial charge is 0.205 e. The maximum absolute atomic E-state index is 13.9. The van der Waals surface area contributed by atoms with Crippen LogP contribution in [0, 0.1) is 11.6 Å². The van der Waals surface area contributed by atoms with Crippen LogP contribution in [0.2, 0.25) is 5.02 Å². The zero-order chi connectivity index (χ0) is 21.1. The fraction of sp³-hybridized carbons (Fsp3) is 0.259. The zero-order valence-electron chi connectivity index (χ0n) is 17.2. The van der Waals surface area contributed by atoms with Gasteiger partial charge in [-0.15, -0.1) is 0 Å². The molecule has 3 heteroatoms. The third kappa shape index (κ3) is 4.34. The van der Waals surface area contributed by atoms with Crippen molar-refractivity contribution in [1.29, 1.82) is 0 Å². The average molecular weight is 423 g/mol. The maximum Gasteiger partial charge on any atom is 0.145 e. The van der Waals surface area contributed by atoms with Gasteiger partial charge in [-0.05, 0) is 69.3 Å². The Balaban J connectivity index is 1.63. The van der Waals surface area contributed by atoms with Gasteiger partial charge in [0.2, 0.25) is 0 Å². The lowest BCUT2D eigenvalue weighted by Crippen LogP contribution is -1.89. The van der Waals surface area contributed by atoms with Gasteiger partial charge in [-0.25, -0.2) is 8.78 Å². The van der Waals surface area contributed by atoms with Gasteiger partial charge in [0.15, 0.2) is 0 Å². The molecule has 0 fully saturated rings. The molecular weight excluding hydrogens is 398 g/mol. The highest BCUT2D eigenvalue weighted by Crippen LogP contribution is 2.32. The van der Waals surface area contributed by atoms with E-state index >= 15 is 0 Å². The second-order valence-electron chi connectivity index (χ2n) is 7.98. The molecule has 0 saturated carbocycles. The molecule has 4 aromatic carbocycles. The van der Waals surface area contributed by atoms with Crippen LogP contribution in [0.4, 0.5) is 8.78 Å². The van der Waals surface area contributed by atoms with Gasteiger partial charge in [-0.1, -0.05) is 86.7 Å². The summed E-state index contributed by atoms with van der Waals surface area (Å²) in [5, 5.41) is 4.14. The first-order valence-corrected chi connectivity index (χ1v) is 11.0. The Bertz CT molecular complexity index is 1170. The lowest BCUT2D eigenvalue weighted by atomic mass is 9.95. The van der Waals surface area contributed by atoms with E-state index in [0.29, 0.717) is 5.56 Å². The van der Waals surface area contributed by atoms with E-state index < -0.39 is 16.7 Å². The number of aryl methyl sites for hydroxylation is 1. The molecule has 0 N–H and O–H groups in total. The zero-order valence-corrected chi connectivity index (χ0v) is 17.9. The quantitative estimate of drug-likeness (QED) is 0.158. The Morgan fingerprint density at radius 1 is 0.667 bits per heavy atom. The van der Waals surface area contributed by atoms with Crippen LogP contribution in [0.25, 0.3) is 32.7 Å². The summed E-state index contributed by atoms with van der Waals surface area (Å²) in [5.74, 6) is -1.49. The Kier molecular flexibility index (Phi) is 6.34. The van der Waals surface area contributed by atoms with Crippen molar-refractivity contribution in [1.82, 2.24) is 0 Å². The summed E-state index contributed by atoms with van der Waals surface area (Å²) in [7, 11) is 0. The molecule has 0 saturated heterocycles. The number of halogens is 3. The summed E-state index contributed by atoms with van der Waals surface area (Å²) >= 11 is 5.61. The van der Waals surface area contributed by atoms with Gasteiger partial charge in [-0.3, -0.25) is 0 Å². The molecule has 0 aliphatic heterocycles. The molecule has 154 valence electrons. The number of benzene rings is 4. The van der Waals surface area contributed by atoms with Crippen LogP contribution >= 0.6 is 11.6 Å². The average Bonchev–Trinajstić information content (AvgIpc) is 2.76. The SMILES string of the molecule is CCCCCCCc1ccc2c(ccc3cc(-c4cc(F)c(Cl)c(F)c4)ccc32)c1. The van der Waals surface area contributed by atoms with Crippen molar-refractivity contribution < 1.29 is 8.78 Å². The molecule has 0 aliphatic rings. The Labute approximate surface area is 181 Å². The summed E-state index contributed by atoms with van der Waals surface area (Å²) in [5.41, 5.74) is 2.62. The maximum atomic E-state index is 13.9. The van der Waals surface area contributed by atoms with E-state index in [2.05, 4.69) is 37.3 Å². The summed E-state index contributed by atoms with van der Waals surface area (Å²) < 4.78 is 27.7. The lowest BCUT2D eigenvalue weighted by molar-refractivity contribution is 0.585. The van der Waals surface area contributed by atoms with Crippen molar-refractivity contribution in [3.05, 3.63) is 82.9 Å². The van der Waals surface area contributed by atoms with E-state index in [-0.39, 0.29) is 0 Å². The van der Waals surface area contributed by atoms with Crippen LogP contribution in [-0.2, 0) is 6.42 Å². The molecule has 4 rings (SSSR count). The minimum atomic E-state index is -0.743. The molecular formula is C27H25ClF2. The first-order chi connectivity index (χ1) is 14.6. The van der Waals surface area contributed by atoms with Crippen molar-refractivity contribution in [2.75, 3.05) is 0 Å². The lowest BCUT2D eigenvalue weighted by Gasteiger charge is -2.10. The minimum Gasteiger partial charge on any atom is -0.205 e. The Morgan fingerprint density at radius 2 is 1.30 bits per heavy atom. The number of fused-ring (bicyclic) bond motifs is 3.